The minimum Gasteiger partial charge on any atom is -0.508 e. The summed E-state index contributed by atoms with van der Waals surface area (Å²) >= 11 is 0. The van der Waals surface area contributed by atoms with Crippen LogP contribution in [0.4, 0.5) is 13.2 Å². The van der Waals surface area contributed by atoms with Gasteiger partial charge >= 0.3 is 6.18 Å². The standard InChI is InChI=1S/C24H20F3N3O5/c25-24(26,27)19-11-17(32)6-8-20(19)35-18-7-3-15(28-13-18)12-29-22(34)23(9-10-23)30-21(33)14-1-4-16(31)5-2-14/h1-8,11,13,31-32H,9-10,12H2,(H,29,34)(H,30,33). The molecule has 1 aromatic heterocycles. The van der Waals surface area contributed by atoms with E-state index in [1.54, 1.807) is 0 Å². The molecule has 8 nitrogen and oxygen atoms in total. The molecular weight excluding hydrogens is 467 g/mol. The number of carbonyl (C=O) groups excluding carboxylic acids is 2. The van der Waals surface area contributed by atoms with Crippen LogP contribution in [0.15, 0.2) is 60.8 Å². The first-order valence-corrected chi connectivity index (χ1v) is 10.5. The fraction of sp³-hybridized carbons (Fsp3) is 0.208. The highest BCUT2D eigenvalue weighted by Gasteiger charge is 2.51. The summed E-state index contributed by atoms with van der Waals surface area (Å²) in [6.45, 7) is 0.0307. The third kappa shape index (κ3) is 5.62. The average Bonchev–Trinajstić information content (AvgIpc) is 3.60. The molecule has 1 aliphatic carbocycles. The lowest BCUT2D eigenvalue weighted by Crippen LogP contribution is -2.48. The highest BCUT2D eigenvalue weighted by atomic mass is 19.4. The monoisotopic (exact) mass is 487 g/mol. The summed E-state index contributed by atoms with van der Waals surface area (Å²) in [4.78, 5) is 29.1. The molecule has 4 rings (SSSR count). The zero-order chi connectivity index (χ0) is 25.2. The van der Waals surface area contributed by atoms with E-state index in [1.165, 1.54) is 42.6 Å². The Labute approximate surface area is 197 Å². The largest absolute Gasteiger partial charge is 0.508 e. The second-order valence-electron chi connectivity index (χ2n) is 8.03. The summed E-state index contributed by atoms with van der Waals surface area (Å²) in [5.74, 6) is -1.79. The Kier molecular flexibility index (Phi) is 6.25. The molecule has 0 atom stereocenters. The van der Waals surface area contributed by atoms with Gasteiger partial charge in [-0.25, -0.2) is 0 Å². The number of aromatic hydroxyl groups is 2. The van der Waals surface area contributed by atoms with Gasteiger partial charge in [0.2, 0.25) is 5.91 Å². The molecule has 0 saturated heterocycles. The van der Waals surface area contributed by atoms with Crippen molar-refractivity contribution < 1.29 is 37.7 Å². The Morgan fingerprint density at radius 1 is 1.00 bits per heavy atom. The summed E-state index contributed by atoms with van der Waals surface area (Å²) in [5.41, 5.74) is -1.42. The molecule has 0 radical (unpaired) electrons. The first kappa shape index (κ1) is 23.9. The first-order valence-electron chi connectivity index (χ1n) is 10.5. The first-order chi connectivity index (χ1) is 16.6. The summed E-state index contributed by atoms with van der Waals surface area (Å²) < 4.78 is 44.8. The van der Waals surface area contributed by atoms with Crippen LogP contribution in [-0.2, 0) is 17.5 Å². The highest BCUT2D eigenvalue weighted by molar-refractivity contribution is 6.00. The van der Waals surface area contributed by atoms with Crippen molar-refractivity contribution in [2.45, 2.75) is 31.1 Å². The van der Waals surface area contributed by atoms with Gasteiger partial charge in [0, 0.05) is 5.56 Å². The maximum Gasteiger partial charge on any atom is 0.420 e. The quantitative estimate of drug-likeness (QED) is 0.402. The van der Waals surface area contributed by atoms with Gasteiger partial charge in [-0.1, -0.05) is 0 Å². The van der Waals surface area contributed by atoms with E-state index in [0.717, 1.165) is 12.1 Å². The molecule has 3 aromatic rings. The van der Waals surface area contributed by atoms with Gasteiger partial charge < -0.3 is 25.6 Å². The van der Waals surface area contributed by atoms with Gasteiger partial charge in [0.25, 0.3) is 5.91 Å². The molecule has 0 aliphatic heterocycles. The van der Waals surface area contributed by atoms with Crippen LogP contribution in [-0.4, -0.2) is 32.6 Å². The van der Waals surface area contributed by atoms with Gasteiger partial charge in [0.1, 0.15) is 34.1 Å². The summed E-state index contributed by atoms with van der Waals surface area (Å²) in [6, 6.07) is 11.2. The number of carbonyl (C=O) groups is 2. The zero-order valence-electron chi connectivity index (χ0n) is 18.1. The number of hydrogen-bond donors (Lipinski definition) is 4. The molecule has 0 unspecified atom stereocenters. The number of hydrogen-bond acceptors (Lipinski definition) is 6. The van der Waals surface area contributed by atoms with E-state index in [9.17, 15) is 33.0 Å². The lowest BCUT2D eigenvalue weighted by molar-refractivity contribution is -0.138. The molecule has 2 amide bonds. The van der Waals surface area contributed by atoms with Crippen molar-refractivity contribution in [1.82, 2.24) is 15.6 Å². The number of amides is 2. The molecular formula is C24H20F3N3O5. The average molecular weight is 487 g/mol. The molecule has 1 saturated carbocycles. The SMILES string of the molecule is O=C(NC1(C(=O)NCc2ccc(Oc3ccc(O)cc3C(F)(F)F)cn2)CC1)c1ccc(O)cc1. The van der Waals surface area contributed by atoms with Crippen molar-refractivity contribution in [1.29, 1.82) is 0 Å². The third-order valence-corrected chi connectivity index (χ3v) is 5.39. The van der Waals surface area contributed by atoms with Crippen LogP contribution in [0.3, 0.4) is 0 Å². The summed E-state index contributed by atoms with van der Waals surface area (Å²) in [5, 5.41) is 24.1. The minimum absolute atomic E-state index is 0.0215. The molecule has 35 heavy (non-hydrogen) atoms. The number of halogens is 3. The van der Waals surface area contributed by atoms with E-state index in [2.05, 4.69) is 15.6 Å². The lowest BCUT2D eigenvalue weighted by Gasteiger charge is -2.17. The van der Waals surface area contributed by atoms with Crippen molar-refractivity contribution in [3.63, 3.8) is 0 Å². The smallest absolute Gasteiger partial charge is 0.420 e. The van der Waals surface area contributed by atoms with Gasteiger partial charge in [-0.3, -0.25) is 14.6 Å². The number of alkyl halides is 3. The van der Waals surface area contributed by atoms with Crippen molar-refractivity contribution in [2.75, 3.05) is 0 Å². The number of phenols is 2. The van der Waals surface area contributed by atoms with E-state index >= 15 is 0 Å². The van der Waals surface area contributed by atoms with E-state index in [1.807, 2.05) is 0 Å². The predicted molar refractivity (Wildman–Crippen MR) is 117 cm³/mol. The minimum atomic E-state index is -4.72. The Bertz CT molecular complexity index is 1240. The molecule has 1 fully saturated rings. The predicted octanol–water partition coefficient (Wildman–Crippen LogP) is 3.88. The van der Waals surface area contributed by atoms with Crippen molar-refractivity contribution in [3.05, 3.63) is 77.6 Å². The fourth-order valence-corrected chi connectivity index (χ4v) is 3.31. The third-order valence-electron chi connectivity index (χ3n) is 5.39. The summed E-state index contributed by atoms with van der Waals surface area (Å²) in [6.07, 6.45) is -2.57. The van der Waals surface area contributed by atoms with E-state index in [-0.39, 0.29) is 24.0 Å². The second-order valence-corrected chi connectivity index (χ2v) is 8.03. The van der Waals surface area contributed by atoms with Crippen LogP contribution >= 0.6 is 0 Å². The topological polar surface area (TPSA) is 121 Å². The zero-order valence-corrected chi connectivity index (χ0v) is 18.1. The number of nitrogens with zero attached hydrogens (tertiary/aromatic N) is 1. The number of aromatic nitrogens is 1. The Balaban J connectivity index is 1.34. The molecule has 4 N–H and O–H groups in total. The number of benzene rings is 2. The van der Waals surface area contributed by atoms with E-state index < -0.39 is 34.7 Å². The van der Waals surface area contributed by atoms with Crippen LogP contribution in [0, 0.1) is 0 Å². The van der Waals surface area contributed by atoms with Gasteiger partial charge in [-0.15, -0.1) is 0 Å². The van der Waals surface area contributed by atoms with E-state index in [4.69, 9.17) is 4.74 Å². The molecule has 0 spiro atoms. The van der Waals surface area contributed by atoms with Crippen molar-refractivity contribution >= 4 is 11.8 Å². The molecule has 0 bridgehead atoms. The van der Waals surface area contributed by atoms with Crippen LogP contribution in [0.25, 0.3) is 0 Å². The van der Waals surface area contributed by atoms with Crippen molar-refractivity contribution in [2.24, 2.45) is 0 Å². The van der Waals surface area contributed by atoms with Crippen LogP contribution in [0.2, 0.25) is 0 Å². The summed E-state index contributed by atoms with van der Waals surface area (Å²) in [7, 11) is 0. The van der Waals surface area contributed by atoms with Gasteiger partial charge in [-0.2, -0.15) is 13.2 Å². The van der Waals surface area contributed by atoms with Gasteiger partial charge in [-0.05, 0) is 67.4 Å². The number of phenolic OH excluding ortho intramolecular Hbond substituents is 2. The molecule has 11 heteroatoms. The van der Waals surface area contributed by atoms with Crippen LogP contribution < -0.4 is 15.4 Å². The number of ether oxygens (including phenoxy) is 1. The molecule has 1 heterocycles. The lowest BCUT2D eigenvalue weighted by atomic mass is 10.1. The second kappa shape index (κ2) is 9.16. The Morgan fingerprint density at radius 3 is 2.29 bits per heavy atom. The van der Waals surface area contributed by atoms with Gasteiger partial charge in [0.15, 0.2) is 0 Å². The van der Waals surface area contributed by atoms with Gasteiger partial charge in [0.05, 0.1) is 18.4 Å². The molecule has 182 valence electrons. The highest BCUT2D eigenvalue weighted by Crippen LogP contribution is 2.40. The number of pyridine rings is 1. The van der Waals surface area contributed by atoms with Crippen molar-refractivity contribution in [3.8, 4) is 23.0 Å². The molecule has 1 aliphatic rings. The van der Waals surface area contributed by atoms with Crippen LogP contribution in [0.5, 0.6) is 23.0 Å². The maximum absolute atomic E-state index is 13.2. The fourth-order valence-electron chi connectivity index (χ4n) is 3.31. The Hall–Kier alpha value is -4.28. The van der Waals surface area contributed by atoms with E-state index in [0.29, 0.717) is 30.2 Å². The number of nitrogens with one attached hydrogen (secondary N) is 2. The van der Waals surface area contributed by atoms with Crippen LogP contribution in [0.1, 0.15) is 34.5 Å². The maximum atomic E-state index is 13.2. The Morgan fingerprint density at radius 2 is 1.69 bits per heavy atom. The molecule has 2 aromatic carbocycles. The normalized spacial score (nSPS) is 14.1. The number of rotatable bonds is 7.